The number of H-pyrrole nitrogens is 1. The van der Waals surface area contributed by atoms with E-state index in [0.717, 1.165) is 17.7 Å². The first-order valence-corrected chi connectivity index (χ1v) is 7.67. The molecule has 0 radical (unpaired) electrons. The highest BCUT2D eigenvalue weighted by atomic mass is 16.6. The van der Waals surface area contributed by atoms with E-state index in [1.54, 1.807) is 0 Å². The number of hydrogen-bond donors (Lipinski definition) is 1. The minimum absolute atomic E-state index is 0.0664. The van der Waals surface area contributed by atoms with Gasteiger partial charge in [0.15, 0.2) is 0 Å². The van der Waals surface area contributed by atoms with Crippen molar-refractivity contribution in [3.63, 3.8) is 0 Å². The summed E-state index contributed by atoms with van der Waals surface area (Å²) in [5.41, 5.74) is -1.67. The van der Waals surface area contributed by atoms with Crippen LogP contribution >= 0.6 is 0 Å². The fraction of sp³-hybridized carbons (Fsp3) is 0.533. The molecule has 0 aliphatic carbocycles. The molecule has 0 spiro atoms. The molecule has 1 aromatic rings. The van der Waals surface area contributed by atoms with Crippen LogP contribution in [0, 0.1) is 0 Å². The molecule has 1 aromatic heterocycles. The van der Waals surface area contributed by atoms with E-state index >= 15 is 0 Å². The zero-order chi connectivity index (χ0) is 19.4. The third-order valence-electron chi connectivity index (χ3n) is 3.45. The molecule has 2 heterocycles. The van der Waals surface area contributed by atoms with Crippen LogP contribution in [0.4, 0.5) is 0 Å². The van der Waals surface area contributed by atoms with E-state index in [-0.39, 0.29) is 18.8 Å². The molecule has 3 atom stereocenters. The molecular weight excluding hydrogens is 352 g/mol. The Kier molecular flexibility index (Phi) is 5.93. The maximum atomic E-state index is 12.1. The van der Waals surface area contributed by atoms with E-state index in [4.69, 9.17) is 18.9 Å². The van der Waals surface area contributed by atoms with E-state index in [0.29, 0.717) is 0 Å². The molecule has 1 saturated heterocycles. The number of carbonyl (C=O) groups excluding carboxylic acids is 3. The van der Waals surface area contributed by atoms with Gasteiger partial charge in [0.1, 0.15) is 25.0 Å². The van der Waals surface area contributed by atoms with Gasteiger partial charge in [-0.3, -0.25) is 28.7 Å². The highest BCUT2D eigenvalue weighted by Gasteiger charge is 2.39. The summed E-state index contributed by atoms with van der Waals surface area (Å²) < 4.78 is 21.4. The highest BCUT2D eigenvalue weighted by molar-refractivity contribution is 5.69. The van der Waals surface area contributed by atoms with E-state index < -0.39 is 47.6 Å². The van der Waals surface area contributed by atoms with Crippen LogP contribution in [0.3, 0.4) is 0 Å². The van der Waals surface area contributed by atoms with Crippen LogP contribution in [0.25, 0.3) is 0 Å². The maximum Gasteiger partial charge on any atom is 0.330 e. The molecule has 1 fully saturated rings. The quantitative estimate of drug-likeness (QED) is 0.662. The van der Waals surface area contributed by atoms with Gasteiger partial charge in [-0.05, 0) is 0 Å². The topological polar surface area (TPSA) is 143 Å². The lowest BCUT2D eigenvalue weighted by atomic mass is 10.2. The standard InChI is InChI=1S/C15H18N2O9/c1-7(18)23-6-12-10(24-8(2)19)4-13(26-12)17-5-11(25-9(3)20)14(21)16-15(17)22/h5,10,12-13H,4,6H2,1-3H3,(H,16,21,22)/t10-,12+,13+/m0/s1. The van der Waals surface area contributed by atoms with Crippen molar-refractivity contribution < 1.29 is 33.3 Å². The summed E-state index contributed by atoms with van der Waals surface area (Å²) in [4.78, 5) is 59.1. The van der Waals surface area contributed by atoms with Crippen molar-refractivity contribution >= 4 is 17.9 Å². The third-order valence-corrected chi connectivity index (χ3v) is 3.45. The maximum absolute atomic E-state index is 12.1. The zero-order valence-corrected chi connectivity index (χ0v) is 14.3. The van der Waals surface area contributed by atoms with Gasteiger partial charge in [-0.25, -0.2) is 4.79 Å². The second-order valence-electron chi connectivity index (χ2n) is 5.57. The van der Waals surface area contributed by atoms with Crippen molar-refractivity contribution in [1.29, 1.82) is 0 Å². The van der Waals surface area contributed by atoms with Crippen LogP contribution in [0.2, 0.25) is 0 Å². The average molecular weight is 370 g/mol. The Labute approximate surface area is 146 Å². The van der Waals surface area contributed by atoms with Gasteiger partial charge < -0.3 is 18.9 Å². The van der Waals surface area contributed by atoms with Crippen LogP contribution in [-0.2, 0) is 28.6 Å². The summed E-state index contributed by atoms with van der Waals surface area (Å²) >= 11 is 0. The number of nitrogens with one attached hydrogen (secondary N) is 1. The zero-order valence-electron chi connectivity index (χ0n) is 14.3. The number of hydrogen-bond acceptors (Lipinski definition) is 9. The molecule has 1 aliphatic heterocycles. The van der Waals surface area contributed by atoms with E-state index in [1.165, 1.54) is 13.8 Å². The van der Waals surface area contributed by atoms with Crippen molar-refractivity contribution in [2.24, 2.45) is 0 Å². The number of rotatable bonds is 5. The van der Waals surface area contributed by atoms with Crippen molar-refractivity contribution in [2.75, 3.05) is 6.61 Å². The Hall–Kier alpha value is -2.95. The number of ether oxygens (including phenoxy) is 4. The molecule has 1 aliphatic rings. The molecule has 11 nitrogen and oxygen atoms in total. The van der Waals surface area contributed by atoms with Crippen LogP contribution < -0.4 is 16.0 Å². The molecule has 0 aromatic carbocycles. The Morgan fingerprint density at radius 3 is 2.46 bits per heavy atom. The predicted octanol–water partition coefficient (Wildman–Crippen LogP) is -0.756. The lowest BCUT2D eigenvalue weighted by Gasteiger charge is -2.17. The van der Waals surface area contributed by atoms with Crippen LogP contribution in [0.15, 0.2) is 15.8 Å². The van der Waals surface area contributed by atoms with E-state index in [2.05, 4.69) is 0 Å². The van der Waals surface area contributed by atoms with E-state index in [1.807, 2.05) is 4.98 Å². The first kappa shape index (κ1) is 19.4. The summed E-state index contributed by atoms with van der Waals surface area (Å²) in [6.45, 7) is 3.35. The van der Waals surface area contributed by atoms with Gasteiger partial charge in [-0.2, -0.15) is 0 Å². The van der Waals surface area contributed by atoms with Gasteiger partial charge in [0.2, 0.25) is 5.75 Å². The molecule has 142 valence electrons. The molecule has 1 N–H and O–H groups in total. The van der Waals surface area contributed by atoms with Crippen LogP contribution in [-0.4, -0.2) is 46.3 Å². The molecule has 0 amide bonds. The predicted molar refractivity (Wildman–Crippen MR) is 83.3 cm³/mol. The Balaban J connectivity index is 2.28. The number of aromatic amines is 1. The fourth-order valence-corrected chi connectivity index (χ4v) is 2.47. The summed E-state index contributed by atoms with van der Waals surface area (Å²) in [6, 6.07) is 0. The minimum Gasteiger partial charge on any atom is -0.463 e. The summed E-state index contributed by atoms with van der Waals surface area (Å²) in [7, 11) is 0. The van der Waals surface area contributed by atoms with Crippen LogP contribution in [0.1, 0.15) is 33.4 Å². The van der Waals surface area contributed by atoms with Gasteiger partial charge in [0.05, 0.1) is 6.20 Å². The second-order valence-corrected chi connectivity index (χ2v) is 5.57. The lowest BCUT2D eigenvalue weighted by Crippen LogP contribution is -2.33. The fourth-order valence-electron chi connectivity index (χ4n) is 2.47. The highest BCUT2D eigenvalue weighted by Crippen LogP contribution is 2.30. The summed E-state index contributed by atoms with van der Waals surface area (Å²) in [5, 5.41) is 0. The molecule has 2 rings (SSSR count). The van der Waals surface area contributed by atoms with Gasteiger partial charge in [-0.1, -0.05) is 0 Å². The molecule has 26 heavy (non-hydrogen) atoms. The van der Waals surface area contributed by atoms with Gasteiger partial charge >= 0.3 is 23.6 Å². The lowest BCUT2D eigenvalue weighted by molar-refractivity contribution is -0.155. The average Bonchev–Trinajstić information content (AvgIpc) is 2.89. The SMILES string of the molecule is CC(=O)OC[C@H]1O[C@@H](n2cc(OC(C)=O)c(=O)[nH]c2=O)C[C@@H]1OC(C)=O. The van der Waals surface area contributed by atoms with Gasteiger partial charge in [-0.15, -0.1) is 0 Å². The second kappa shape index (κ2) is 7.95. The Morgan fingerprint density at radius 2 is 1.88 bits per heavy atom. The monoisotopic (exact) mass is 370 g/mol. The normalized spacial score (nSPS) is 21.9. The van der Waals surface area contributed by atoms with Gasteiger partial charge in [0.25, 0.3) is 5.56 Å². The molecule has 0 unspecified atom stereocenters. The van der Waals surface area contributed by atoms with E-state index in [9.17, 15) is 24.0 Å². The van der Waals surface area contributed by atoms with Crippen molar-refractivity contribution in [3.8, 4) is 5.75 Å². The van der Waals surface area contributed by atoms with Crippen molar-refractivity contribution in [2.45, 2.75) is 45.6 Å². The summed E-state index contributed by atoms with van der Waals surface area (Å²) in [6.07, 6.45) is -1.40. The number of carbonyl (C=O) groups is 3. The minimum atomic E-state index is -0.932. The van der Waals surface area contributed by atoms with Gasteiger partial charge in [0, 0.05) is 27.2 Å². The molecule has 11 heteroatoms. The first-order valence-electron chi connectivity index (χ1n) is 7.67. The summed E-state index contributed by atoms with van der Waals surface area (Å²) in [5.74, 6) is -2.23. The number of esters is 3. The number of aromatic nitrogens is 2. The molecule has 0 saturated carbocycles. The van der Waals surface area contributed by atoms with Crippen molar-refractivity contribution in [3.05, 3.63) is 27.0 Å². The molecule has 0 bridgehead atoms. The van der Waals surface area contributed by atoms with Crippen LogP contribution in [0.5, 0.6) is 5.75 Å². The Morgan fingerprint density at radius 1 is 1.19 bits per heavy atom. The number of nitrogens with zero attached hydrogens (tertiary/aromatic N) is 1. The Bertz CT molecular complexity index is 825. The van der Waals surface area contributed by atoms with Crippen molar-refractivity contribution in [1.82, 2.24) is 9.55 Å². The molecular formula is C15H18N2O9. The first-order chi connectivity index (χ1) is 12.2. The smallest absolute Gasteiger partial charge is 0.330 e. The third kappa shape index (κ3) is 4.79. The largest absolute Gasteiger partial charge is 0.463 e.